The van der Waals surface area contributed by atoms with E-state index in [4.69, 9.17) is 4.74 Å². The molecule has 0 rings (SSSR count). The van der Waals surface area contributed by atoms with Gasteiger partial charge in [-0.2, -0.15) is 0 Å². The summed E-state index contributed by atoms with van der Waals surface area (Å²) in [6, 6.07) is 0. The Bertz CT molecular complexity index is 271. The third-order valence-corrected chi connectivity index (χ3v) is 1.27. The smallest absolute Gasteiger partial charge is 0.119 e. The van der Waals surface area contributed by atoms with Gasteiger partial charge in [0.05, 0.1) is 7.11 Å². The largest absolute Gasteiger partial charge is 0.497 e. The Labute approximate surface area is 80.8 Å². The van der Waals surface area contributed by atoms with Gasteiger partial charge < -0.3 is 4.74 Å². The van der Waals surface area contributed by atoms with Crippen molar-refractivity contribution >= 4 is 0 Å². The van der Waals surface area contributed by atoms with Crippen LogP contribution in [-0.4, -0.2) is 7.11 Å². The van der Waals surface area contributed by atoms with E-state index in [2.05, 4.69) is 25.0 Å². The first-order valence-corrected chi connectivity index (χ1v) is 4.18. The summed E-state index contributed by atoms with van der Waals surface area (Å²) >= 11 is 0. The van der Waals surface area contributed by atoms with Crippen molar-refractivity contribution in [3.8, 4) is 11.8 Å². The van der Waals surface area contributed by atoms with Gasteiger partial charge in [-0.15, -0.1) is 0 Å². The quantitative estimate of drug-likeness (QED) is 0.365. The van der Waals surface area contributed by atoms with E-state index < -0.39 is 0 Å². The van der Waals surface area contributed by atoms with Gasteiger partial charge in [0.2, 0.25) is 0 Å². The van der Waals surface area contributed by atoms with Crippen LogP contribution in [0.5, 0.6) is 0 Å². The van der Waals surface area contributed by atoms with E-state index in [0.717, 1.165) is 5.57 Å². The highest BCUT2D eigenvalue weighted by Crippen LogP contribution is 2.01. The van der Waals surface area contributed by atoms with Crippen LogP contribution in [0.25, 0.3) is 0 Å². The number of allylic oxidation sites excluding steroid dienone is 3. The molecule has 0 bridgehead atoms. The van der Waals surface area contributed by atoms with Gasteiger partial charge in [0.15, 0.2) is 0 Å². The van der Waals surface area contributed by atoms with E-state index in [9.17, 15) is 0 Å². The third kappa shape index (κ3) is 5.81. The zero-order chi connectivity index (χ0) is 10.3. The molecule has 1 nitrogen and oxygen atoms in total. The Morgan fingerprint density at radius 2 is 2.08 bits per heavy atom. The monoisotopic (exact) mass is 176 g/mol. The summed E-state index contributed by atoms with van der Waals surface area (Å²) in [5, 5.41) is 0. The van der Waals surface area contributed by atoms with E-state index in [1.807, 2.05) is 13.8 Å². The van der Waals surface area contributed by atoms with Crippen LogP contribution in [0, 0.1) is 17.8 Å². The highest BCUT2D eigenvalue weighted by Gasteiger charge is 1.89. The fraction of sp³-hybridized carbons (Fsp3) is 0.333. The Morgan fingerprint density at radius 1 is 1.46 bits per heavy atom. The minimum atomic E-state index is 0.361. The fourth-order valence-corrected chi connectivity index (χ4v) is 0.646. The second-order valence-electron chi connectivity index (χ2n) is 2.90. The number of rotatable bonds is 3. The van der Waals surface area contributed by atoms with Gasteiger partial charge >= 0.3 is 0 Å². The van der Waals surface area contributed by atoms with Gasteiger partial charge in [0, 0.05) is 11.5 Å². The summed E-state index contributed by atoms with van der Waals surface area (Å²) in [6.07, 6.45) is 3.39. The Hall–Kier alpha value is -1.42. The molecule has 0 radical (unpaired) electrons. The molecule has 0 N–H and O–H groups in total. The summed E-state index contributed by atoms with van der Waals surface area (Å²) in [6.45, 7) is 11.5. The molecule has 70 valence electrons. The van der Waals surface area contributed by atoms with E-state index in [1.165, 1.54) is 0 Å². The van der Waals surface area contributed by atoms with E-state index >= 15 is 0 Å². The molecule has 0 aromatic carbocycles. The van der Waals surface area contributed by atoms with Gasteiger partial charge in [-0.25, -0.2) is 0 Å². The second-order valence-corrected chi connectivity index (χ2v) is 2.90. The molecule has 0 aromatic rings. The van der Waals surface area contributed by atoms with Crippen molar-refractivity contribution in [3.05, 3.63) is 36.6 Å². The molecule has 0 aliphatic heterocycles. The molecule has 0 heterocycles. The van der Waals surface area contributed by atoms with Gasteiger partial charge in [0.25, 0.3) is 0 Å². The SMILES string of the molecule is C=C/C(=C\C(=C)C#CC(C)C)OC. The lowest BCUT2D eigenvalue weighted by Gasteiger charge is -1.97. The van der Waals surface area contributed by atoms with Gasteiger partial charge in [-0.3, -0.25) is 0 Å². The molecule has 13 heavy (non-hydrogen) atoms. The Kier molecular flexibility index (Phi) is 5.47. The normalized spacial score (nSPS) is 10.3. The predicted molar refractivity (Wildman–Crippen MR) is 57.0 cm³/mol. The Balaban J connectivity index is 4.40. The van der Waals surface area contributed by atoms with Crippen LogP contribution >= 0.6 is 0 Å². The first kappa shape index (κ1) is 11.6. The third-order valence-electron chi connectivity index (χ3n) is 1.27. The molecule has 0 spiro atoms. The summed E-state index contributed by atoms with van der Waals surface area (Å²) in [5.41, 5.74) is 0.741. The maximum absolute atomic E-state index is 4.99. The van der Waals surface area contributed by atoms with Gasteiger partial charge in [-0.1, -0.05) is 38.8 Å². The summed E-state index contributed by atoms with van der Waals surface area (Å²) in [5.74, 6) is 6.99. The average molecular weight is 176 g/mol. The van der Waals surface area contributed by atoms with Gasteiger partial charge in [0.1, 0.15) is 5.76 Å². The molecule has 0 unspecified atom stereocenters. The molecule has 0 aromatic heterocycles. The van der Waals surface area contributed by atoms with Crippen molar-refractivity contribution in [1.29, 1.82) is 0 Å². The molecule has 0 fully saturated rings. The molecule has 0 saturated carbocycles. The predicted octanol–water partition coefficient (Wildman–Crippen LogP) is 2.92. The van der Waals surface area contributed by atoms with E-state index in [-0.39, 0.29) is 0 Å². The van der Waals surface area contributed by atoms with Crippen molar-refractivity contribution in [2.45, 2.75) is 13.8 Å². The van der Waals surface area contributed by atoms with Crippen LogP contribution in [0.4, 0.5) is 0 Å². The number of methoxy groups -OCH3 is 1. The molecule has 0 atom stereocenters. The maximum Gasteiger partial charge on any atom is 0.119 e. The molecular weight excluding hydrogens is 160 g/mol. The Morgan fingerprint density at radius 3 is 2.46 bits per heavy atom. The minimum absolute atomic E-state index is 0.361. The van der Waals surface area contributed by atoms with Gasteiger partial charge in [-0.05, 0) is 12.2 Å². The van der Waals surface area contributed by atoms with E-state index in [0.29, 0.717) is 11.7 Å². The molecule has 0 aliphatic rings. The lowest BCUT2D eigenvalue weighted by molar-refractivity contribution is 0.307. The van der Waals surface area contributed by atoms with Crippen molar-refractivity contribution in [1.82, 2.24) is 0 Å². The van der Waals surface area contributed by atoms with Crippen molar-refractivity contribution in [2.75, 3.05) is 7.11 Å². The summed E-state index contributed by atoms with van der Waals surface area (Å²) in [4.78, 5) is 0. The number of hydrogen-bond donors (Lipinski definition) is 0. The highest BCUT2D eigenvalue weighted by atomic mass is 16.5. The van der Waals surface area contributed by atoms with Crippen LogP contribution in [-0.2, 0) is 4.74 Å². The van der Waals surface area contributed by atoms with Crippen LogP contribution in [0.3, 0.4) is 0 Å². The second kappa shape index (κ2) is 6.14. The highest BCUT2D eigenvalue weighted by molar-refractivity contribution is 5.38. The minimum Gasteiger partial charge on any atom is -0.497 e. The first-order valence-electron chi connectivity index (χ1n) is 4.18. The van der Waals surface area contributed by atoms with E-state index in [1.54, 1.807) is 19.3 Å². The fourth-order valence-electron chi connectivity index (χ4n) is 0.646. The molecule has 0 aliphatic carbocycles. The topological polar surface area (TPSA) is 9.23 Å². The summed E-state index contributed by atoms with van der Waals surface area (Å²) in [7, 11) is 1.59. The zero-order valence-electron chi connectivity index (χ0n) is 8.55. The summed E-state index contributed by atoms with van der Waals surface area (Å²) < 4.78 is 4.99. The zero-order valence-corrected chi connectivity index (χ0v) is 8.55. The van der Waals surface area contributed by atoms with Crippen LogP contribution in [0.15, 0.2) is 36.6 Å². The van der Waals surface area contributed by atoms with Crippen molar-refractivity contribution < 1.29 is 4.74 Å². The molecular formula is C12H16O. The maximum atomic E-state index is 4.99. The first-order chi connectivity index (χ1) is 6.10. The average Bonchev–Trinajstić information content (AvgIpc) is 2.10. The van der Waals surface area contributed by atoms with Crippen molar-refractivity contribution in [2.24, 2.45) is 5.92 Å². The molecule has 0 saturated heterocycles. The lowest BCUT2D eigenvalue weighted by Crippen LogP contribution is -1.83. The molecule has 1 heteroatoms. The van der Waals surface area contributed by atoms with Crippen LogP contribution < -0.4 is 0 Å². The van der Waals surface area contributed by atoms with Crippen molar-refractivity contribution in [3.63, 3.8) is 0 Å². The standard InChI is InChI=1S/C12H16O/c1-6-12(13-5)9-11(4)8-7-10(2)3/h6,9-10H,1,4H2,2-3,5H3/b12-9+. The van der Waals surface area contributed by atoms with Crippen LogP contribution in [0.1, 0.15) is 13.8 Å². The number of ether oxygens (including phenoxy) is 1. The van der Waals surface area contributed by atoms with Crippen LogP contribution in [0.2, 0.25) is 0 Å². The molecule has 0 amide bonds. The number of hydrogen-bond acceptors (Lipinski definition) is 1. The lowest BCUT2D eigenvalue weighted by atomic mass is 10.2.